The Balaban J connectivity index is 2.65. The maximum absolute atomic E-state index is 12.3. The summed E-state index contributed by atoms with van der Waals surface area (Å²) in [5, 5.41) is 21.4. The molecule has 0 radical (unpaired) electrons. The van der Waals surface area contributed by atoms with Crippen LogP contribution in [0.3, 0.4) is 0 Å². The molecular formula is C16H18N2O5. The Morgan fingerprint density at radius 2 is 2.00 bits per heavy atom. The standard InChI is InChI=1S/C16H18N2O5/c1-9(2)8-17-14(13(10(3)19)15(20)16(17)21)11-6-4-5-7-12(11)18(22)23/h4-7,9,14,20H,8H2,1-3H3. The van der Waals surface area contributed by atoms with E-state index in [1.165, 1.54) is 30.0 Å². The minimum Gasteiger partial charge on any atom is -0.503 e. The molecule has 0 aromatic heterocycles. The molecule has 0 fully saturated rings. The fourth-order valence-corrected chi connectivity index (χ4v) is 2.80. The van der Waals surface area contributed by atoms with E-state index in [2.05, 4.69) is 0 Å². The highest BCUT2D eigenvalue weighted by Crippen LogP contribution is 2.41. The Labute approximate surface area is 133 Å². The Bertz CT molecular complexity index is 708. The zero-order valence-corrected chi connectivity index (χ0v) is 13.1. The van der Waals surface area contributed by atoms with Crippen molar-refractivity contribution in [2.24, 2.45) is 5.92 Å². The maximum atomic E-state index is 12.3. The van der Waals surface area contributed by atoms with Gasteiger partial charge in [0.25, 0.3) is 11.6 Å². The van der Waals surface area contributed by atoms with E-state index in [1.807, 2.05) is 13.8 Å². The first-order chi connectivity index (χ1) is 10.8. The number of nitrogens with zero attached hydrogens (tertiary/aromatic N) is 2. The highest BCUT2D eigenvalue weighted by molar-refractivity contribution is 6.08. The van der Waals surface area contributed by atoms with Gasteiger partial charge in [-0.1, -0.05) is 26.0 Å². The van der Waals surface area contributed by atoms with E-state index in [1.54, 1.807) is 6.07 Å². The number of aliphatic hydroxyl groups excluding tert-OH is 1. The summed E-state index contributed by atoms with van der Waals surface area (Å²) in [5.41, 5.74) is -0.0572. The highest BCUT2D eigenvalue weighted by Gasteiger charge is 2.44. The average Bonchev–Trinajstić information content (AvgIpc) is 2.71. The second kappa shape index (κ2) is 6.20. The minimum absolute atomic E-state index is 0.0725. The predicted molar refractivity (Wildman–Crippen MR) is 82.7 cm³/mol. The van der Waals surface area contributed by atoms with Crippen LogP contribution in [0.2, 0.25) is 0 Å². The molecule has 1 atom stereocenters. The molecule has 1 unspecified atom stereocenters. The monoisotopic (exact) mass is 318 g/mol. The lowest BCUT2D eigenvalue weighted by molar-refractivity contribution is -0.385. The highest BCUT2D eigenvalue weighted by atomic mass is 16.6. The van der Waals surface area contributed by atoms with Gasteiger partial charge in [-0.15, -0.1) is 0 Å². The Morgan fingerprint density at radius 3 is 2.52 bits per heavy atom. The van der Waals surface area contributed by atoms with Crippen LogP contribution >= 0.6 is 0 Å². The van der Waals surface area contributed by atoms with Crippen LogP contribution in [0, 0.1) is 16.0 Å². The van der Waals surface area contributed by atoms with Crippen molar-refractivity contribution in [3.63, 3.8) is 0 Å². The Hall–Kier alpha value is -2.70. The molecule has 0 saturated carbocycles. The molecule has 0 bridgehead atoms. The lowest BCUT2D eigenvalue weighted by atomic mass is 9.95. The first-order valence-electron chi connectivity index (χ1n) is 7.24. The number of amides is 1. The summed E-state index contributed by atoms with van der Waals surface area (Å²) in [6.45, 7) is 5.27. The summed E-state index contributed by atoms with van der Waals surface area (Å²) in [5.74, 6) is -1.71. The Kier molecular flexibility index (Phi) is 4.49. The van der Waals surface area contributed by atoms with E-state index in [9.17, 15) is 24.8 Å². The molecule has 7 nitrogen and oxygen atoms in total. The molecule has 2 rings (SSSR count). The van der Waals surface area contributed by atoms with Crippen molar-refractivity contribution in [3.05, 3.63) is 51.3 Å². The lowest BCUT2D eigenvalue weighted by Crippen LogP contribution is -2.34. The van der Waals surface area contributed by atoms with Gasteiger partial charge >= 0.3 is 0 Å². The number of ketones is 1. The smallest absolute Gasteiger partial charge is 0.290 e. The van der Waals surface area contributed by atoms with Crippen LogP contribution in [-0.4, -0.2) is 33.2 Å². The van der Waals surface area contributed by atoms with Crippen molar-refractivity contribution in [1.82, 2.24) is 4.90 Å². The molecular weight excluding hydrogens is 300 g/mol. The molecule has 122 valence electrons. The van der Waals surface area contributed by atoms with Crippen molar-refractivity contribution in [3.8, 4) is 0 Å². The molecule has 23 heavy (non-hydrogen) atoms. The van der Waals surface area contributed by atoms with Gasteiger partial charge in [-0.25, -0.2) is 0 Å². The number of Topliss-reactive ketones (excluding diaryl/α,β-unsaturated/α-hetero) is 1. The number of benzene rings is 1. The normalized spacial score (nSPS) is 18.0. The largest absolute Gasteiger partial charge is 0.503 e. The van der Waals surface area contributed by atoms with E-state index in [0.29, 0.717) is 0 Å². The van der Waals surface area contributed by atoms with E-state index < -0.39 is 28.4 Å². The molecule has 7 heteroatoms. The number of aliphatic hydroxyl groups is 1. The van der Waals surface area contributed by atoms with E-state index >= 15 is 0 Å². The number of hydrogen-bond acceptors (Lipinski definition) is 5. The van der Waals surface area contributed by atoms with Crippen molar-refractivity contribution in [1.29, 1.82) is 0 Å². The lowest BCUT2D eigenvalue weighted by Gasteiger charge is -2.27. The van der Waals surface area contributed by atoms with Crippen molar-refractivity contribution in [2.45, 2.75) is 26.8 Å². The summed E-state index contributed by atoms with van der Waals surface area (Å²) in [7, 11) is 0. The van der Waals surface area contributed by atoms with E-state index in [-0.39, 0.29) is 29.3 Å². The first kappa shape index (κ1) is 16.7. The predicted octanol–water partition coefficient (Wildman–Crippen LogP) is 2.54. The third kappa shape index (κ3) is 2.94. The molecule has 1 aliphatic heterocycles. The molecule has 0 aliphatic carbocycles. The number of nitro groups is 1. The van der Waals surface area contributed by atoms with Gasteiger partial charge in [0.2, 0.25) is 0 Å². The molecule has 1 aromatic carbocycles. The summed E-state index contributed by atoms with van der Waals surface area (Å²) in [6, 6.07) is 5.00. The second-order valence-electron chi connectivity index (χ2n) is 5.89. The fraction of sp³-hybridized carbons (Fsp3) is 0.375. The van der Waals surface area contributed by atoms with Crippen molar-refractivity contribution in [2.75, 3.05) is 6.54 Å². The molecule has 1 N–H and O–H groups in total. The van der Waals surface area contributed by atoms with Crippen LogP contribution in [0.25, 0.3) is 0 Å². The summed E-state index contributed by atoms with van der Waals surface area (Å²) in [6.07, 6.45) is 0. The summed E-state index contributed by atoms with van der Waals surface area (Å²) >= 11 is 0. The number of para-hydroxylation sites is 1. The number of hydrogen-bond donors (Lipinski definition) is 1. The van der Waals surface area contributed by atoms with Crippen LogP contribution < -0.4 is 0 Å². The van der Waals surface area contributed by atoms with E-state index in [0.717, 1.165) is 0 Å². The molecule has 1 amide bonds. The average molecular weight is 318 g/mol. The molecule has 0 spiro atoms. The van der Waals surface area contributed by atoms with Gasteiger partial charge in [-0.3, -0.25) is 19.7 Å². The van der Waals surface area contributed by atoms with Crippen LogP contribution in [0.1, 0.15) is 32.4 Å². The third-order valence-electron chi connectivity index (χ3n) is 3.67. The topological polar surface area (TPSA) is 101 Å². The summed E-state index contributed by atoms with van der Waals surface area (Å²) < 4.78 is 0. The number of nitro benzene ring substituents is 1. The maximum Gasteiger partial charge on any atom is 0.290 e. The zero-order chi connectivity index (χ0) is 17.3. The number of rotatable bonds is 5. The number of carbonyl (C=O) groups excluding carboxylic acids is 2. The van der Waals surface area contributed by atoms with Crippen LogP contribution in [0.5, 0.6) is 0 Å². The molecule has 0 saturated heterocycles. The van der Waals surface area contributed by atoms with Crippen molar-refractivity contribution < 1.29 is 19.6 Å². The quantitative estimate of drug-likeness (QED) is 0.664. The van der Waals surface area contributed by atoms with Gasteiger partial charge < -0.3 is 10.0 Å². The molecule has 1 aromatic rings. The third-order valence-corrected chi connectivity index (χ3v) is 3.67. The van der Waals surface area contributed by atoms with Gasteiger partial charge in [0, 0.05) is 12.6 Å². The zero-order valence-electron chi connectivity index (χ0n) is 13.1. The molecule has 1 heterocycles. The molecule has 1 aliphatic rings. The number of carbonyl (C=O) groups is 2. The summed E-state index contributed by atoms with van der Waals surface area (Å²) in [4.78, 5) is 36.3. The van der Waals surface area contributed by atoms with Gasteiger partial charge in [0.15, 0.2) is 11.5 Å². The second-order valence-corrected chi connectivity index (χ2v) is 5.89. The minimum atomic E-state index is -0.941. The SMILES string of the molecule is CC(=O)C1=C(O)C(=O)N(CC(C)C)C1c1ccccc1[N+](=O)[O-]. The van der Waals surface area contributed by atoms with Crippen LogP contribution in [0.15, 0.2) is 35.6 Å². The van der Waals surface area contributed by atoms with Gasteiger partial charge in [-0.2, -0.15) is 0 Å². The van der Waals surface area contributed by atoms with E-state index in [4.69, 9.17) is 0 Å². The van der Waals surface area contributed by atoms with Crippen molar-refractivity contribution >= 4 is 17.4 Å². The first-order valence-corrected chi connectivity index (χ1v) is 7.24. The van der Waals surface area contributed by atoms with Gasteiger partial charge in [0.1, 0.15) is 0 Å². The van der Waals surface area contributed by atoms with Gasteiger partial charge in [0.05, 0.1) is 22.1 Å². The van der Waals surface area contributed by atoms with Gasteiger partial charge in [-0.05, 0) is 18.9 Å². The Morgan fingerprint density at radius 1 is 1.39 bits per heavy atom. The van der Waals surface area contributed by atoms with Crippen LogP contribution in [-0.2, 0) is 9.59 Å². The fourth-order valence-electron chi connectivity index (χ4n) is 2.80. The van der Waals surface area contributed by atoms with Crippen LogP contribution in [0.4, 0.5) is 5.69 Å².